The quantitative estimate of drug-likeness (QED) is 0.882. The van der Waals surface area contributed by atoms with E-state index in [-0.39, 0.29) is 0 Å². The number of hydrogen-bond donors (Lipinski definition) is 2. The van der Waals surface area contributed by atoms with Crippen LogP contribution < -0.4 is 10.6 Å². The van der Waals surface area contributed by atoms with Crippen LogP contribution in [0.25, 0.3) is 0 Å². The van der Waals surface area contributed by atoms with Gasteiger partial charge in [0.1, 0.15) is 11.6 Å². The fourth-order valence-electron chi connectivity index (χ4n) is 2.88. The van der Waals surface area contributed by atoms with Crippen LogP contribution in [0, 0.1) is 13.8 Å². The molecule has 1 saturated heterocycles. The number of hydrogen-bond acceptors (Lipinski definition) is 5. The highest BCUT2D eigenvalue weighted by Gasteiger charge is 2.17. The van der Waals surface area contributed by atoms with Gasteiger partial charge in [-0.15, -0.1) is 0 Å². The first-order valence-electron chi connectivity index (χ1n) is 8.01. The predicted molar refractivity (Wildman–Crippen MR) is 87.1 cm³/mol. The second kappa shape index (κ2) is 6.87. The van der Waals surface area contributed by atoms with Gasteiger partial charge in [-0.3, -0.25) is 4.68 Å². The smallest absolute Gasteiger partial charge is 0.129 e. The predicted octanol–water partition coefficient (Wildman–Crippen LogP) is 1.87. The van der Waals surface area contributed by atoms with E-state index in [1.165, 1.54) is 12.8 Å². The van der Waals surface area contributed by atoms with Crippen molar-refractivity contribution in [3.8, 4) is 0 Å². The highest BCUT2D eigenvalue weighted by atomic mass is 15.3. The van der Waals surface area contributed by atoms with Gasteiger partial charge in [0.25, 0.3) is 0 Å². The fourth-order valence-corrected chi connectivity index (χ4v) is 2.88. The topological polar surface area (TPSA) is 67.7 Å². The molecule has 1 atom stereocenters. The lowest BCUT2D eigenvalue weighted by Gasteiger charge is -2.22. The highest BCUT2D eigenvalue weighted by molar-refractivity contribution is 5.37. The molecule has 3 heterocycles. The maximum Gasteiger partial charge on any atom is 0.129 e. The van der Waals surface area contributed by atoms with Gasteiger partial charge in [0.05, 0.1) is 17.9 Å². The minimum absolute atomic E-state index is 0.504. The summed E-state index contributed by atoms with van der Waals surface area (Å²) < 4.78 is 1.95. The second-order valence-corrected chi connectivity index (χ2v) is 5.92. The first-order valence-corrected chi connectivity index (χ1v) is 8.01. The van der Waals surface area contributed by atoms with Crippen molar-refractivity contribution in [1.82, 2.24) is 25.1 Å². The lowest BCUT2D eigenvalue weighted by molar-refractivity contribution is 0.453. The molecule has 1 aliphatic rings. The SMILES string of the molecule is Cc1ccn(CCNc2cc([C@@H]3CCCNC3)nc(C)n2)n1. The average molecular weight is 300 g/mol. The summed E-state index contributed by atoms with van der Waals surface area (Å²) >= 11 is 0. The Morgan fingerprint density at radius 1 is 1.36 bits per heavy atom. The standard InChI is InChI=1S/C16H24N6/c1-12-5-8-22(21-12)9-7-18-16-10-15(19-13(2)20-16)14-4-3-6-17-11-14/h5,8,10,14,17H,3-4,6-7,9,11H2,1-2H3,(H,18,19,20)/t14-/m1/s1. The Labute approximate surface area is 131 Å². The highest BCUT2D eigenvalue weighted by Crippen LogP contribution is 2.23. The molecule has 22 heavy (non-hydrogen) atoms. The Kier molecular flexibility index (Phi) is 4.68. The van der Waals surface area contributed by atoms with E-state index in [0.29, 0.717) is 5.92 Å². The average Bonchev–Trinajstić information content (AvgIpc) is 2.93. The van der Waals surface area contributed by atoms with Crippen LogP contribution in [0.5, 0.6) is 0 Å². The summed E-state index contributed by atoms with van der Waals surface area (Å²) in [6.07, 6.45) is 4.42. The molecule has 2 N–H and O–H groups in total. The van der Waals surface area contributed by atoms with Crippen molar-refractivity contribution >= 4 is 5.82 Å². The van der Waals surface area contributed by atoms with Crippen LogP contribution in [0.2, 0.25) is 0 Å². The minimum Gasteiger partial charge on any atom is -0.368 e. The first-order chi connectivity index (χ1) is 10.7. The van der Waals surface area contributed by atoms with Crippen molar-refractivity contribution in [3.63, 3.8) is 0 Å². The molecule has 2 aromatic rings. The van der Waals surface area contributed by atoms with Gasteiger partial charge in [0.15, 0.2) is 0 Å². The van der Waals surface area contributed by atoms with E-state index in [0.717, 1.165) is 49.2 Å². The molecule has 1 aliphatic heterocycles. The van der Waals surface area contributed by atoms with E-state index in [1.807, 2.05) is 30.8 Å². The third-order valence-corrected chi connectivity index (χ3v) is 3.99. The molecule has 6 heteroatoms. The molecule has 0 saturated carbocycles. The number of aryl methyl sites for hydroxylation is 2. The lowest BCUT2D eigenvalue weighted by Crippen LogP contribution is -2.29. The third kappa shape index (κ3) is 3.82. The van der Waals surface area contributed by atoms with E-state index in [1.54, 1.807) is 0 Å². The summed E-state index contributed by atoms with van der Waals surface area (Å²) in [6.45, 7) is 7.73. The molecule has 118 valence electrons. The summed E-state index contributed by atoms with van der Waals surface area (Å²) in [7, 11) is 0. The molecule has 3 rings (SSSR count). The monoisotopic (exact) mass is 300 g/mol. The molecule has 0 bridgehead atoms. The molecular formula is C16H24N6. The van der Waals surface area contributed by atoms with E-state index in [4.69, 9.17) is 0 Å². The van der Waals surface area contributed by atoms with E-state index >= 15 is 0 Å². The van der Waals surface area contributed by atoms with Gasteiger partial charge in [0, 0.05) is 31.3 Å². The normalized spacial score (nSPS) is 18.4. The number of anilines is 1. The summed E-state index contributed by atoms with van der Waals surface area (Å²) in [6, 6.07) is 4.11. The van der Waals surface area contributed by atoms with Crippen LogP contribution in [0.1, 0.15) is 36.0 Å². The zero-order chi connectivity index (χ0) is 15.4. The van der Waals surface area contributed by atoms with E-state index < -0.39 is 0 Å². The maximum absolute atomic E-state index is 4.62. The Bertz CT molecular complexity index is 615. The minimum atomic E-state index is 0.504. The third-order valence-electron chi connectivity index (χ3n) is 3.99. The largest absolute Gasteiger partial charge is 0.368 e. The lowest BCUT2D eigenvalue weighted by atomic mass is 9.96. The van der Waals surface area contributed by atoms with Gasteiger partial charge < -0.3 is 10.6 Å². The molecule has 0 unspecified atom stereocenters. The molecule has 0 amide bonds. The van der Waals surface area contributed by atoms with Gasteiger partial charge >= 0.3 is 0 Å². The molecule has 0 aliphatic carbocycles. The summed E-state index contributed by atoms with van der Waals surface area (Å²) in [5, 5.41) is 11.2. The molecule has 0 radical (unpaired) electrons. The van der Waals surface area contributed by atoms with Gasteiger partial charge in [-0.2, -0.15) is 5.10 Å². The maximum atomic E-state index is 4.62. The van der Waals surface area contributed by atoms with Crippen molar-refractivity contribution in [2.24, 2.45) is 0 Å². The summed E-state index contributed by atoms with van der Waals surface area (Å²) in [5.74, 6) is 2.25. The molecular weight excluding hydrogens is 276 g/mol. The van der Waals surface area contributed by atoms with Crippen molar-refractivity contribution in [1.29, 1.82) is 0 Å². The van der Waals surface area contributed by atoms with Crippen molar-refractivity contribution in [2.45, 2.75) is 39.2 Å². The van der Waals surface area contributed by atoms with Gasteiger partial charge in [-0.25, -0.2) is 9.97 Å². The molecule has 1 fully saturated rings. The zero-order valence-corrected chi connectivity index (χ0v) is 13.3. The number of piperidine rings is 1. The van der Waals surface area contributed by atoms with Gasteiger partial charge in [-0.1, -0.05) is 0 Å². The van der Waals surface area contributed by atoms with Crippen LogP contribution in [-0.2, 0) is 6.54 Å². The van der Waals surface area contributed by atoms with Crippen LogP contribution in [0.3, 0.4) is 0 Å². The van der Waals surface area contributed by atoms with Crippen molar-refractivity contribution in [2.75, 3.05) is 25.0 Å². The van der Waals surface area contributed by atoms with Gasteiger partial charge in [-0.05, 0) is 39.3 Å². The summed E-state index contributed by atoms with van der Waals surface area (Å²) in [4.78, 5) is 9.11. The molecule has 6 nitrogen and oxygen atoms in total. The first kappa shape index (κ1) is 15.0. The van der Waals surface area contributed by atoms with E-state index in [2.05, 4.69) is 31.8 Å². The molecule has 2 aromatic heterocycles. The second-order valence-electron chi connectivity index (χ2n) is 5.92. The Morgan fingerprint density at radius 3 is 3.00 bits per heavy atom. The Hall–Kier alpha value is -1.95. The van der Waals surface area contributed by atoms with Crippen LogP contribution in [0.15, 0.2) is 18.3 Å². The molecule has 0 spiro atoms. The van der Waals surface area contributed by atoms with E-state index in [9.17, 15) is 0 Å². The number of nitrogens with one attached hydrogen (secondary N) is 2. The van der Waals surface area contributed by atoms with Crippen LogP contribution in [0.4, 0.5) is 5.82 Å². The number of nitrogens with zero attached hydrogens (tertiary/aromatic N) is 4. The van der Waals surface area contributed by atoms with Crippen molar-refractivity contribution < 1.29 is 0 Å². The van der Waals surface area contributed by atoms with Crippen LogP contribution >= 0.6 is 0 Å². The molecule has 0 aromatic carbocycles. The van der Waals surface area contributed by atoms with Crippen molar-refractivity contribution in [3.05, 3.63) is 35.5 Å². The number of aromatic nitrogens is 4. The zero-order valence-electron chi connectivity index (χ0n) is 13.3. The Balaban J connectivity index is 1.61. The number of rotatable bonds is 5. The Morgan fingerprint density at radius 2 is 2.27 bits per heavy atom. The fraction of sp³-hybridized carbons (Fsp3) is 0.562. The summed E-state index contributed by atoms with van der Waals surface area (Å²) in [5.41, 5.74) is 2.20. The van der Waals surface area contributed by atoms with Crippen LogP contribution in [-0.4, -0.2) is 39.4 Å². The van der Waals surface area contributed by atoms with Gasteiger partial charge in [0.2, 0.25) is 0 Å².